The lowest BCUT2D eigenvalue weighted by atomic mass is 10.1. The Bertz CT molecular complexity index is 1470. The van der Waals surface area contributed by atoms with Crippen molar-refractivity contribution in [3.05, 3.63) is 122 Å². The first-order valence-corrected chi connectivity index (χ1v) is 28.0. The molecule has 0 saturated heterocycles. The molecule has 0 amide bonds. The van der Waals surface area contributed by atoms with Gasteiger partial charge in [-0.2, -0.15) is 0 Å². The largest absolute Gasteiger partial charge is 0.462 e. The van der Waals surface area contributed by atoms with Crippen LogP contribution in [0.2, 0.25) is 0 Å². The molecule has 390 valence electrons. The smallest absolute Gasteiger partial charge is 0.306 e. The average molecular weight is 956 g/mol. The Morgan fingerprint density at radius 1 is 0.304 bits per heavy atom. The van der Waals surface area contributed by atoms with E-state index in [1.807, 2.05) is 0 Å². The summed E-state index contributed by atoms with van der Waals surface area (Å²) in [5, 5.41) is 0. The van der Waals surface area contributed by atoms with Gasteiger partial charge in [-0.05, 0) is 122 Å². The second-order valence-electron chi connectivity index (χ2n) is 18.1. The lowest BCUT2D eigenvalue weighted by molar-refractivity contribution is -0.167. The molecule has 6 heteroatoms. The molecule has 0 aliphatic heterocycles. The Balaban J connectivity index is 4.51. The van der Waals surface area contributed by atoms with Crippen LogP contribution in [0.25, 0.3) is 0 Å². The van der Waals surface area contributed by atoms with Crippen LogP contribution < -0.4 is 0 Å². The molecule has 0 saturated carbocycles. The summed E-state index contributed by atoms with van der Waals surface area (Å²) < 4.78 is 16.8. The van der Waals surface area contributed by atoms with E-state index in [2.05, 4.69) is 142 Å². The van der Waals surface area contributed by atoms with Crippen molar-refractivity contribution in [2.45, 2.75) is 245 Å². The predicted molar refractivity (Wildman–Crippen MR) is 297 cm³/mol. The van der Waals surface area contributed by atoms with E-state index in [0.29, 0.717) is 19.3 Å². The summed E-state index contributed by atoms with van der Waals surface area (Å²) in [5.41, 5.74) is 0. The summed E-state index contributed by atoms with van der Waals surface area (Å²) in [6.45, 7) is 6.32. The van der Waals surface area contributed by atoms with Gasteiger partial charge in [0, 0.05) is 19.3 Å². The fourth-order valence-corrected chi connectivity index (χ4v) is 7.29. The molecule has 69 heavy (non-hydrogen) atoms. The van der Waals surface area contributed by atoms with Crippen molar-refractivity contribution in [2.24, 2.45) is 0 Å². The third-order valence-corrected chi connectivity index (χ3v) is 11.4. The maximum absolute atomic E-state index is 12.8. The molecular formula is C63H102O6. The van der Waals surface area contributed by atoms with Crippen LogP contribution in [0, 0.1) is 0 Å². The number of carbonyl (C=O) groups excluding carboxylic acids is 3. The summed E-state index contributed by atoms with van der Waals surface area (Å²) in [4.78, 5) is 38.1. The van der Waals surface area contributed by atoms with Gasteiger partial charge in [0.15, 0.2) is 6.10 Å². The lowest BCUT2D eigenvalue weighted by Crippen LogP contribution is -2.30. The molecule has 0 spiro atoms. The number of carbonyl (C=O) groups is 3. The van der Waals surface area contributed by atoms with E-state index in [1.165, 1.54) is 70.6 Å². The normalized spacial score (nSPS) is 13.0. The highest BCUT2D eigenvalue weighted by molar-refractivity contribution is 5.71. The average Bonchev–Trinajstić information content (AvgIpc) is 3.35. The summed E-state index contributed by atoms with van der Waals surface area (Å²) >= 11 is 0. The van der Waals surface area contributed by atoms with Gasteiger partial charge in [-0.1, -0.05) is 219 Å². The van der Waals surface area contributed by atoms with E-state index < -0.39 is 6.10 Å². The summed E-state index contributed by atoms with van der Waals surface area (Å²) in [6, 6.07) is 0. The van der Waals surface area contributed by atoms with Crippen molar-refractivity contribution in [1.82, 2.24) is 0 Å². The molecule has 0 aromatic heterocycles. The minimum absolute atomic E-state index is 0.111. The SMILES string of the molecule is CC/C=C/C/C=C/C/C=C/C/C=C/C/C=C/CCCC(=O)O[C@H](COC(=O)CCCCCCC/C=C/C/C=C/C/C=C/CC)COC(=O)CCCCCCCCCCC/C=C/C/C=C/CCCCC. The highest BCUT2D eigenvalue weighted by Crippen LogP contribution is 2.14. The highest BCUT2D eigenvalue weighted by atomic mass is 16.6. The minimum atomic E-state index is -0.821. The Labute approximate surface area is 424 Å². The van der Waals surface area contributed by atoms with E-state index in [1.54, 1.807) is 0 Å². The summed E-state index contributed by atoms with van der Waals surface area (Å²) in [5.74, 6) is -0.995. The number of esters is 3. The quantitative estimate of drug-likeness (QED) is 0.0262. The number of rotatable bonds is 49. The predicted octanol–water partition coefficient (Wildman–Crippen LogP) is 18.9. The van der Waals surface area contributed by atoms with Crippen LogP contribution in [0.15, 0.2) is 122 Å². The number of ether oxygens (including phenoxy) is 3. The monoisotopic (exact) mass is 955 g/mol. The van der Waals surface area contributed by atoms with Gasteiger partial charge in [0.2, 0.25) is 0 Å². The first-order valence-electron chi connectivity index (χ1n) is 28.0. The number of hydrogen-bond donors (Lipinski definition) is 0. The van der Waals surface area contributed by atoms with E-state index in [0.717, 1.165) is 122 Å². The third-order valence-electron chi connectivity index (χ3n) is 11.4. The highest BCUT2D eigenvalue weighted by Gasteiger charge is 2.19. The molecule has 0 radical (unpaired) electrons. The first-order chi connectivity index (χ1) is 34.0. The molecule has 1 atom stereocenters. The fourth-order valence-electron chi connectivity index (χ4n) is 7.29. The van der Waals surface area contributed by atoms with Gasteiger partial charge in [-0.25, -0.2) is 0 Å². The second kappa shape index (κ2) is 56.4. The maximum atomic E-state index is 12.8. The molecule has 0 fully saturated rings. The van der Waals surface area contributed by atoms with E-state index in [4.69, 9.17) is 14.2 Å². The fraction of sp³-hybridized carbons (Fsp3) is 0.635. The van der Waals surface area contributed by atoms with Crippen molar-refractivity contribution < 1.29 is 28.6 Å². The number of allylic oxidation sites excluding steroid dienone is 20. The molecule has 0 rings (SSSR count). The standard InChI is InChI=1S/C63H102O6/c1-4-7-10-13-16-19-22-25-28-30-31-33-35-38-41-44-47-50-53-56-62(65)68-59-60(58-67-61(64)55-52-49-46-43-40-37-34-27-24-21-18-15-12-9-6-3)69-63(66)57-54-51-48-45-42-39-36-32-29-26-23-20-17-14-11-8-5-2/h8-9,11-12,16-21,25-29,34,36,39,45,48,60H,4-7,10,13-15,22-24,30-33,35,37-38,40-44,46-47,49-59H2,1-3H3/b11-8+,12-9+,19-16+,20-17+,21-18+,28-25+,29-26+,34-27+,39-36+,48-45+/t60-/m1/s1. The number of unbranched alkanes of at least 4 members (excludes halogenated alkanes) is 18. The third kappa shape index (κ3) is 54.6. The number of hydrogen-bond acceptors (Lipinski definition) is 6. The van der Waals surface area contributed by atoms with Crippen LogP contribution in [0.1, 0.15) is 239 Å². The molecule has 0 bridgehead atoms. The van der Waals surface area contributed by atoms with Gasteiger partial charge < -0.3 is 14.2 Å². The molecular weight excluding hydrogens is 853 g/mol. The van der Waals surface area contributed by atoms with Crippen LogP contribution in [0.5, 0.6) is 0 Å². The van der Waals surface area contributed by atoms with Crippen LogP contribution in [-0.2, 0) is 28.6 Å². The Kier molecular flexibility index (Phi) is 53.0. The first kappa shape index (κ1) is 64.8. The van der Waals surface area contributed by atoms with Gasteiger partial charge in [-0.15, -0.1) is 0 Å². The van der Waals surface area contributed by atoms with E-state index in [9.17, 15) is 14.4 Å². The lowest BCUT2D eigenvalue weighted by Gasteiger charge is -2.18. The van der Waals surface area contributed by atoms with Gasteiger partial charge in [-0.3, -0.25) is 14.4 Å². The van der Waals surface area contributed by atoms with Gasteiger partial charge in [0.25, 0.3) is 0 Å². The van der Waals surface area contributed by atoms with Crippen molar-refractivity contribution in [3.63, 3.8) is 0 Å². The van der Waals surface area contributed by atoms with Crippen molar-refractivity contribution in [3.8, 4) is 0 Å². The van der Waals surface area contributed by atoms with Crippen molar-refractivity contribution >= 4 is 17.9 Å². The van der Waals surface area contributed by atoms with Crippen LogP contribution in [-0.4, -0.2) is 37.2 Å². The zero-order valence-corrected chi connectivity index (χ0v) is 44.5. The van der Waals surface area contributed by atoms with E-state index >= 15 is 0 Å². The molecule has 0 heterocycles. The van der Waals surface area contributed by atoms with Crippen molar-refractivity contribution in [1.29, 1.82) is 0 Å². The molecule has 0 aromatic rings. The molecule has 0 aliphatic carbocycles. The Morgan fingerprint density at radius 3 is 0.928 bits per heavy atom. The zero-order chi connectivity index (χ0) is 50.0. The summed E-state index contributed by atoms with van der Waals surface area (Å²) in [6.07, 6.45) is 77.6. The summed E-state index contributed by atoms with van der Waals surface area (Å²) in [7, 11) is 0. The molecule has 0 unspecified atom stereocenters. The van der Waals surface area contributed by atoms with Crippen LogP contribution in [0.4, 0.5) is 0 Å². The minimum Gasteiger partial charge on any atom is -0.462 e. The van der Waals surface area contributed by atoms with Gasteiger partial charge in [0.1, 0.15) is 13.2 Å². The van der Waals surface area contributed by atoms with Crippen LogP contribution in [0.3, 0.4) is 0 Å². The Hall–Kier alpha value is -4.19. The molecule has 0 aromatic carbocycles. The molecule has 0 aliphatic rings. The maximum Gasteiger partial charge on any atom is 0.306 e. The zero-order valence-electron chi connectivity index (χ0n) is 44.5. The Morgan fingerprint density at radius 2 is 0.580 bits per heavy atom. The molecule has 6 nitrogen and oxygen atoms in total. The van der Waals surface area contributed by atoms with Gasteiger partial charge >= 0.3 is 17.9 Å². The van der Waals surface area contributed by atoms with Crippen molar-refractivity contribution in [2.75, 3.05) is 13.2 Å². The van der Waals surface area contributed by atoms with Crippen LogP contribution >= 0.6 is 0 Å². The van der Waals surface area contributed by atoms with Gasteiger partial charge in [0.05, 0.1) is 0 Å². The van der Waals surface area contributed by atoms with E-state index in [-0.39, 0.29) is 37.5 Å². The second-order valence-corrected chi connectivity index (χ2v) is 18.1. The topological polar surface area (TPSA) is 78.9 Å². The molecule has 0 N–H and O–H groups in total.